The minimum Gasteiger partial charge on any atom is -0.481 e. The third-order valence-corrected chi connectivity index (χ3v) is 4.42. The van der Waals surface area contributed by atoms with E-state index in [9.17, 15) is 25.2 Å². The highest BCUT2D eigenvalue weighted by Crippen LogP contribution is 2.38. The predicted octanol–water partition coefficient (Wildman–Crippen LogP) is -0.477. The van der Waals surface area contributed by atoms with Gasteiger partial charge in [-0.05, 0) is 25.5 Å². The molecular weight excluding hydrogens is 318 g/mol. The van der Waals surface area contributed by atoms with Crippen LogP contribution < -0.4 is 5.32 Å². The van der Waals surface area contributed by atoms with Gasteiger partial charge in [0.05, 0.1) is 12.1 Å². The highest BCUT2D eigenvalue weighted by Gasteiger charge is 2.59. The van der Waals surface area contributed by atoms with Gasteiger partial charge < -0.3 is 35.6 Å². The Morgan fingerprint density at radius 2 is 1.96 bits per heavy atom. The highest BCUT2D eigenvalue weighted by molar-refractivity contribution is 5.67. The number of anilines is 1. The van der Waals surface area contributed by atoms with Gasteiger partial charge in [0.2, 0.25) is 5.79 Å². The molecule has 0 aliphatic carbocycles. The SMILES string of the molecule is CC(CCC(=O)O)(Nc1ccccc1)[C@@]1(O)OC[C@@H](O)[C@H](O)[C@H]1O. The molecule has 5 atom stereocenters. The summed E-state index contributed by atoms with van der Waals surface area (Å²) in [5, 5.41) is 52.7. The van der Waals surface area contributed by atoms with Crippen LogP contribution in [-0.4, -0.2) is 67.7 Å². The number of aliphatic hydroxyl groups excluding tert-OH is 3. The summed E-state index contributed by atoms with van der Waals surface area (Å²) in [7, 11) is 0. The molecule has 2 rings (SSSR count). The third kappa shape index (κ3) is 3.52. The molecule has 0 aromatic heterocycles. The highest BCUT2D eigenvalue weighted by atomic mass is 16.7. The zero-order valence-corrected chi connectivity index (χ0v) is 13.3. The van der Waals surface area contributed by atoms with Gasteiger partial charge in [-0.1, -0.05) is 18.2 Å². The molecule has 1 fully saturated rings. The van der Waals surface area contributed by atoms with E-state index in [0.29, 0.717) is 5.69 Å². The van der Waals surface area contributed by atoms with E-state index in [2.05, 4.69) is 5.32 Å². The molecule has 0 amide bonds. The molecule has 134 valence electrons. The lowest BCUT2D eigenvalue weighted by atomic mass is 9.78. The number of aliphatic carboxylic acids is 1. The fraction of sp³-hybridized carbons (Fsp3) is 0.562. The number of benzene rings is 1. The first-order valence-corrected chi connectivity index (χ1v) is 7.65. The van der Waals surface area contributed by atoms with E-state index in [1.807, 2.05) is 0 Å². The summed E-state index contributed by atoms with van der Waals surface area (Å²) in [6.07, 6.45) is -5.18. The van der Waals surface area contributed by atoms with E-state index in [4.69, 9.17) is 9.84 Å². The first kappa shape index (κ1) is 18.6. The molecule has 0 radical (unpaired) electrons. The number of rotatable bonds is 6. The van der Waals surface area contributed by atoms with E-state index in [-0.39, 0.29) is 12.8 Å². The maximum Gasteiger partial charge on any atom is 0.303 e. The van der Waals surface area contributed by atoms with Crippen LogP contribution in [0.15, 0.2) is 30.3 Å². The Bertz CT molecular complexity index is 569. The zero-order valence-electron chi connectivity index (χ0n) is 13.3. The van der Waals surface area contributed by atoms with E-state index in [1.54, 1.807) is 30.3 Å². The number of carboxylic acid groups (broad SMARTS) is 1. The molecule has 1 aromatic carbocycles. The standard InChI is InChI=1S/C16H23NO7/c1-15(8-7-12(19)20,17-10-5-3-2-4-6-10)16(23)14(22)13(21)11(18)9-24-16/h2-6,11,13-14,17-18,21-23H,7-9H2,1H3,(H,19,20)/t11-,13+,14-,15?,16+/m1/s1. The van der Waals surface area contributed by atoms with Gasteiger partial charge in [-0.25, -0.2) is 0 Å². The summed E-state index contributed by atoms with van der Waals surface area (Å²) in [6.45, 7) is 1.10. The number of hydrogen-bond donors (Lipinski definition) is 6. The number of hydrogen-bond acceptors (Lipinski definition) is 7. The summed E-state index contributed by atoms with van der Waals surface area (Å²) in [6, 6.07) is 8.72. The Hall–Kier alpha value is -1.71. The van der Waals surface area contributed by atoms with Crippen LogP contribution in [-0.2, 0) is 9.53 Å². The van der Waals surface area contributed by atoms with Crippen LogP contribution in [0.2, 0.25) is 0 Å². The van der Waals surface area contributed by atoms with E-state index >= 15 is 0 Å². The fourth-order valence-electron chi connectivity index (χ4n) is 2.85. The minimum atomic E-state index is -2.29. The Labute approximate surface area is 139 Å². The van der Waals surface area contributed by atoms with Gasteiger partial charge in [0.15, 0.2) is 0 Å². The van der Waals surface area contributed by atoms with Crippen molar-refractivity contribution < 1.29 is 35.1 Å². The van der Waals surface area contributed by atoms with Crippen LogP contribution in [0.3, 0.4) is 0 Å². The van der Waals surface area contributed by atoms with Crippen molar-refractivity contribution in [2.45, 2.75) is 49.4 Å². The molecule has 1 saturated heterocycles. The van der Waals surface area contributed by atoms with Crippen LogP contribution in [0.1, 0.15) is 19.8 Å². The third-order valence-electron chi connectivity index (χ3n) is 4.42. The molecule has 0 saturated carbocycles. The summed E-state index contributed by atoms with van der Waals surface area (Å²) >= 11 is 0. The lowest BCUT2D eigenvalue weighted by Gasteiger charge is -2.51. The number of aliphatic hydroxyl groups is 4. The lowest BCUT2D eigenvalue weighted by molar-refractivity contribution is -0.342. The van der Waals surface area contributed by atoms with E-state index in [1.165, 1.54) is 6.92 Å². The molecule has 0 bridgehead atoms. The first-order valence-electron chi connectivity index (χ1n) is 7.65. The van der Waals surface area contributed by atoms with Crippen LogP contribution in [0.5, 0.6) is 0 Å². The van der Waals surface area contributed by atoms with Crippen molar-refractivity contribution in [1.29, 1.82) is 0 Å². The van der Waals surface area contributed by atoms with Crippen molar-refractivity contribution in [2.75, 3.05) is 11.9 Å². The first-order chi connectivity index (χ1) is 11.2. The second-order valence-electron chi connectivity index (χ2n) is 6.23. The molecule has 1 unspecified atom stereocenters. The molecule has 8 heteroatoms. The second kappa shape index (κ2) is 7.04. The van der Waals surface area contributed by atoms with Gasteiger partial charge in [-0.2, -0.15) is 0 Å². The molecule has 1 heterocycles. The fourth-order valence-corrected chi connectivity index (χ4v) is 2.85. The average Bonchev–Trinajstić information content (AvgIpc) is 2.55. The van der Waals surface area contributed by atoms with Gasteiger partial charge in [-0.15, -0.1) is 0 Å². The van der Waals surface area contributed by atoms with Crippen molar-refractivity contribution in [2.24, 2.45) is 0 Å². The van der Waals surface area contributed by atoms with Crippen molar-refractivity contribution >= 4 is 11.7 Å². The predicted molar refractivity (Wildman–Crippen MR) is 84.3 cm³/mol. The quantitative estimate of drug-likeness (QED) is 0.408. The molecule has 0 spiro atoms. The number of para-hydroxylation sites is 1. The molecule has 1 aliphatic rings. The summed E-state index contributed by atoms with van der Waals surface area (Å²) in [5.74, 6) is -3.37. The zero-order chi connectivity index (χ0) is 18.0. The monoisotopic (exact) mass is 341 g/mol. The number of carbonyl (C=O) groups is 1. The smallest absolute Gasteiger partial charge is 0.303 e. The Balaban J connectivity index is 2.35. The average molecular weight is 341 g/mol. The molecule has 1 aliphatic heterocycles. The Kier molecular flexibility index (Phi) is 5.46. The Morgan fingerprint density at radius 3 is 2.54 bits per heavy atom. The van der Waals surface area contributed by atoms with Crippen molar-refractivity contribution in [3.63, 3.8) is 0 Å². The number of carboxylic acids is 1. The molecule has 1 aromatic rings. The van der Waals surface area contributed by atoms with Crippen molar-refractivity contribution in [3.8, 4) is 0 Å². The van der Waals surface area contributed by atoms with Crippen LogP contribution in [0.4, 0.5) is 5.69 Å². The molecule has 24 heavy (non-hydrogen) atoms. The molecule has 8 nitrogen and oxygen atoms in total. The van der Waals surface area contributed by atoms with E-state index in [0.717, 1.165) is 0 Å². The largest absolute Gasteiger partial charge is 0.481 e. The summed E-state index contributed by atoms with van der Waals surface area (Å²) in [5.41, 5.74) is -0.858. The second-order valence-corrected chi connectivity index (χ2v) is 6.23. The van der Waals surface area contributed by atoms with E-state index < -0.39 is 42.2 Å². The maximum atomic E-state index is 11.0. The normalized spacial score (nSPS) is 32.8. The van der Waals surface area contributed by atoms with Crippen molar-refractivity contribution in [3.05, 3.63) is 30.3 Å². The molecular formula is C16H23NO7. The number of nitrogens with one attached hydrogen (secondary N) is 1. The summed E-state index contributed by atoms with van der Waals surface area (Å²) in [4.78, 5) is 11.0. The minimum absolute atomic E-state index is 0.0897. The molecule has 6 N–H and O–H groups in total. The van der Waals surface area contributed by atoms with Gasteiger partial charge >= 0.3 is 5.97 Å². The summed E-state index contributed by atoms with van der Waals surface area (Å²) < 4.78 is 5.27. The van der Waals surface area contributed by atoms with Crippen LogP contribution >= 0.6 is 0 Å². The van der Waals surface area contributed by atoms with Crippen molar-refractivity contribution in [1.82, 2.24) is 0 Å². The Morgan fingerprint density at radius 1 is 1.33 bits per heavy atom. The van der Waals surface area contributed by atoms with Crippen LogP contribution in [0, 0.1) is 0 Å². The lowest BCUT2D eigenvalue weighted by Crippen LogP contribution is -2.72. The van der Waals surface area contributed by atoms with Crippen LogP contribution in [0.25, 0.3) is 0 Å². The van der Waals surface area contributed by atoms with Gasteiger partial charge in [-0.3, -0.25) is 4.79 Å². The van der Waals surface area contributed by atoms with Gasteiger partial charge in [0, 0.05) is 12.1 Å². The van der Waals surface area contributed by atoms with Gasteiger partial charge in [0.25, 0.3) is 0 Å². The topological polar surface area (TPSA) is 139 Å². The maximum absolute atomic E-state index is 11.0. The number of ether oxygens (including phenoxy) is 1. The van der Waals surface area contributed by atoms with Gasteiger partial charge in [0.1, 0.15) is 18.3 Å².